The van der Waals surface area contributed by atoms with Gasteiger partial charge in [0.25, 0.3) is 0 Å². The highest BCUT2D eigenvalue weighted by Crippen LogP contribution is 2.14. The largest absolute Gasteiger partial charge is 0.352 e. The Morgan fingerprint density at radius 1 is 1.42 bits per heavy atom. The van der Waals surface area contributed by atoms with E-state index in [1.165, 1.54) is 10.6 Å². The van der Waals surface area contributed by atoms with Crippen molar-refractivity contribution >= 4 is 15.9 Å². The van der Waals surface area contributed by atoms with Crippen LogP contribution in [0.1, 0.15) is 33.1 Å². The summed E-state index contributed by atoms with van der Waals surface area (Å²) in [6.45, 7) is 4.88. The van der Waals surface area contributed by atoms with Crippen LogP contribution in [0.2, 0.25) is 0 Å². The molecule has 2 atom stereocenters. The first-order valence-corrected chi connectivity index (χ1v) is 8.61. The van der Waals surface area contributed by atoms with Crippen LogP contribution in [0.15, 0.2) is 0 Å². The van der Waals surface area contributed by atoms with E-state index >= 15 is 0 Å². The number of nitrogens with two attached hydrogens (primary N) is 1. The zero-order valence-corrected chi connectivity index (χ0v) is 12.7. The lowest BCUT2D eigenvalue weighted by atomic mass is 9.98. The molecule has 0 spiro atoms. The van der Waals surface area contributed by atoms with Crippen LogP contribution in [-0.2, 0) is 14.8 Å². The van der Waals surface area contributed by atoms with Gasteiger partial charge in [0.05, 0.1) is 12.3 Å². The van der Waals surface area contributed by atoms with Gasteiger partial charge in [-0.2, -0.15) is 0 Å². The van der Waals surface area contributed by atoms with Crippen molar-refractivity contribution < 1.29 is 13.2 Å². The summed E-state index contributed by atoms with van der Waals surface area (Å²) in [7, 11) is -3.12. The van der Waals surface area contributed by atoms with Crippen LogP contribution in [0.4, 0.5) is 0 Å². The van der Waals surface area contributed by atoms with Crippen LogP contribution in [-0.4, -0.2) is 50.1 Å². The van der Waals surface area contributed by atoms with E-state index < -0.39 is 16.1 Å². The molecule has 0 radical (unpaired) electrons. The summed E-state index contributed by atoms with van der Waals surface area (Å²) in [5, 5.41) is 2.92. The molecule has 112 valence electrons. The minimum atomic E-state index is -3.12. The van der Waals surface area contributed by atoms with Gasteiger partial charge in [-0.05, 0) is 18.8 Å². The second-order valence-corrected chi connectivity index (χ2v) is 7.34. The number of nitrogens with zero attached hydrogens (tertiary/aromatic N) is 1. The monoisotopic (exact) mass is 291 g/mol. The predicted molar refractivity (Wildman–Crippen MR) is 75.0 cm³/mol. The summed E-state index contributed by atoms with van der Waals surface area (Å²) in [6.07, 6.45) is 3.37. The molecule has 1 aliphatic rings. The Morgan fingerprint density at radius 2 is 1.95 bits per heavy atom. The molecule has 0 aromatic heterocycles. The Balaban J connectivity index is 2.43. The molecule has 0 saturated carbocycles. The summed E-state index contributed by atoms with van der Waals surface area (Å²) >= 11 is 0. The number of sulfonamides is 1. The number of piperidine rings is 1. The Bertz CT molecular complexity index is 402. The molecule has 1 rings (SSSR count). The first-order valence-electron chi connectivity index (χ1n) is 6.76. The number of hydrogen-bond acceptors (Lipinski definition) is 4. The molecule has 6 nitrogen and oxygen atoms in total. The maximum absolute atomic E-state index is 11.9. The molecule has 1 saturated heterocycles. The van der Waals surface area contributed by atoms with E-state index in [2.05, 4.69) is 5.32 Å². The minimum Gasteiger partial charge on any atom is -0.352 e. The van der Waals surface area contributed by atoms with E-state index in [1.807, 2.05) is 13.8 Å². The first kappa shape index (κ1) is 16.4. The number of amides is 1. The highest BCUT2D eigenvalue weighted by molar-refractivity contribution is 7.88. The van der Waals surface area contributed by atoms with Gasteiger partial charge >= 0.3 is 0 Å². The van der Waals surface area contributed by atoms with Crippen molar-refractivity contribution in [3.8, 4) is 0 Å². The average Bonchev–Trinajstić information content (AvgIpc) is 2.36. The van der Waals surface area contributed by atoms with E-state index in [-0.39, 0.29) is 17.9 Å². The topological polar surface area (TPSA) is 92.5 Å². The van der Waals surface area contributed by atoms with Crippen molar-refractivity contribution in [1.82, 2.24) is 9.62 Å². The number of carbonyl (C=O) groups excluding carboxylic acids is 1. The maximum Gasteiger partial charge on any atom is 0.237 e. The minimum absolute atomic E-state index is 0.0283. The van der Waals surface area contributed by atoms with Gasteiger partial charge in [-0.1, -0.05) is 20.3 Å². The average molecular weight is 291 g/mol. The number of rotatable bonds is 5. The molecule has 1 amide bonds. The molecule has 0 aromatic rings. The summed E-state index contributed by atoms with van der Waals surface area (Å²) in [6, 6.07) is -0.460. The summed E-state index contributed by atoms with van der Waals surface area (Å²) in [4.78, 5) is 11.9. The van der Waals surface area contributed by atoms with E-state index in [9.17, 15) is 13.2 Å². The van der Waals surface area contributed by atoms with Crippen LogP contribution in [0.5, 0.6) is 0 Å². The second-order valence-electron chi connectivity index (χ2n) is 5.36. The zero-order chi connectivity index (χ0) is 14.6. The Morgan fingerprint density at radius 3 is 2.37 bits per heavy atom. The lowest BCUT2D eigenvalue weighted by Crippen LogP contribution is -2.51. The van der Waals surface area contributed by atoms with E-state index in [0.29, 0.717) is 25.9 Å². The van der Waals surface area contributed by atoms with Crippen LogP contribution in [0.25, 0.3) is 0 Å². The van der Waals surface area contributed by atoms with Gasteiger partial charge in [-0.15, -0.1) is 0 Å². The Hall–Kier alpha value is -0.660. The van der Waals surface area contributed by atoms with Gasteiger partial charge in [-0.3, -0.25) is 4.79 Å². The third-order valence-electron chi connectivity index (χ3n) is 3.83. The van der Waals surface area contributed by atoms with Gasteiger partial charge in [0, 0.05) is 19.1 Å². The van der Waals surface area contributed by atoms with Crippen molar-refractivity contribution in [2.75, 3.05) is 19.3 Å². The predicted octanol–water partition coefficient (Wildman–Crippen LogP) is -0.1000. The Labute approximate surface area is 115 Å². The van der Waals surface area contributed by atoms with Crippen molar-refractivity contribution in [3.63, 3.8) is 0 Å². The molecule has 1 heterocycles. The Kier molecular flexibility index (Phi) is 5.76. The molecular weight excluding hydrogens is 266 g/mol. The normalized spacial score (nSPS) is 21.9. The standard InChI is InChI=1S/C12H25N3O3S/c1-4-9(2)11(13)12(16)14-10-5-7-15(8-6-10)19(3,17)18/h9-11H,4-8,13H2,1-3H3,(H,14,16)/t9?,11-/m0/s1. The van der Waals surface area contributed by atoms with Crippen molar-refractivity contribution in [1.29, 1.82) is 0 Å². The fourth-order valence-electron chi connectivity index (χ4n) is 2.14. The van der Waals surface area contributed by atoms with Crippen molar-refractivity contribution in [3.05, 3.63) is 0 Å². The quantitative estimate of drug-likeness (QED) is 0.740. The fraction of sp³-hybridized carbons (Fsp3) is 0.917. The SMILES string of the molecule is CCC(C)[C@H](N)C(=O)NC1CCN(S(C)(=O)=O)CC1. The van der Waals surface area contributed by atoms with Gasteiger partial charge in [-0.25, -0.2) is 12.7 Å². The maximum atomic E-state index is 11.9. The molecule has 0 aliphatic carbocycles. The first-order chi connectivity index (χ1) is 8.75. The fourth-order valence-corrected chi connectivity index (χ4v) is 3.02. The lowest BCUT2D eigenvalue weighted by Gasteiger charge is -2.31. The van der Waals surface area contributed by atoms with Crippen LogP contribution < -0.4 is 11.1 Å². The van der Waals surface area contributed by atoms with Crippen LogP contribution >= 0.6 is 0 Å². The summed E-state index contributed by atoms with van der Waals surface area (Å²) in [5.41, 5.74) is 5.87. The summed E-state index contributed by atoms with van der Waals surface area (Å²) < 4.78 is 24.2. The van der Waals surface area contributed by atoms with Crippen LogP contribution in [0, 0.1) is 5.92 Å². The molecule has 0 aromatic carbocycles. The second kappa shape index (κ2) is 6.67. The molecule has 7 heteroatoms. The number of hydrogen-bond donors (Lipinski definition) is 2. The number of nitrogens with one attached hydrogen (secondary N) is 1. The molecule has 1 unspecified atom stereocenters. The van der Waals surface area contributed by atoms with Gasteiger partial charge in [0.1, 0.15) is 0 Å². The van der Waals surface area contributed by atoms with Gasteiger partial charge < -0.3 is 11.1 Å². The lowest BCUT2D eigenvalue weighted by molar-refractivity contribution is -0.124. The third kappa shape index (κ3) is 4.74. The van der Waals surface area contributed by atoms with Gasteiger partial charge in [0.15, 0.2) is 0 Å². The van der Waals surface area contributed by atoms with Crippen molar-refractivity contribution in [2.45, 2.75) is 45.2 Å². The molecule has 3 N–H and O–H groups in total. The molecule has 1 aliphatic heterocycles. The smallest absolute Gasteiger partial charge is 0.237 e. The van der Waals surface area contributed by atoms with Crippen molar-refractivity contribution in [2.24, 2.45) is 11.7 Å². The zero-order valence-electron chi connectivity index (χ0n) is 11.9. The molecule has 0 bridgehead atoms. The van der Waals surface area contributed by atoms with Gasteiger partial charge in [0.2, 0.25) is 15.9 Å². The highest BCUT2D eigenvalue weighted by Gasteiger charge is 2.27. The number of carbonyl (C=O) groups is 1. The highest BCUT2D eigenvalue weighted by atomic mass is 32.2. The molecular formula is C12H25N3O3S. The van der Waals surface area contributed by atoms with E-state index in [1.54, 1.807) is 0 Å². The summed E-state index contributed by atoms with van der Waals surface area (Å²) in [5.74, 6) is 0.0169. The van der Waals surface area contributed by atoms with Crippen LogP contribution in [0.3, 0.4) is 0 Å². The molecule has 19 heavy (non-hydrogen) atoms. The van der Waals surface area contributed by atoms with E-state index in [0.717, 1.165) is 6.42 Å². The van der Waals surface area contributed by atoms with E-state index in [4.69, 9.17) is 5.73 Å². The third-order valence-corrected chi connectivity index (χ3v) is 5.13. The molecule has 1 fully saturated rings.